The van der Waals surface area contributed by atoms with E-state index in [0.717, 1.165) is 16.6 Å². The zero-order chi connectivity index (χ0) is 21.7. The van der Waals surface area contributed by atoms with Crippen LogP contribution in [0.3, 0.4) is 0 Å². The fourth-order valence-electron chi connectivity index (χ4n) is 3.17. The maximum atomic E-state index is 12.6. The van der Waals surface area contributed by atoms with E-state index < -0.39 is 12.8 Å². The standard InChI is InChI=1S/C21H22F3N3O3/c1-2-26-17-5-3-4-6-18(17)27(20(26)29)12-11-19(28)25-13-15-7-9-16(10-8-15)30-14-21(22,23)24/h3-10H,2,11-14H2,1H3,(H,25,28). The van der Waals surface area contributed by atoms with E-state index in [4.69, 9.17) is 0 Å². The van der Waals surface area contributed by atoms with Crippen molar-refractivity contribution in [3.63, 3.8) is 0 Å². The predicted molar refractivity (Wildman–Crippen MR) is 106 cm³/mol. The Hall–Kier alpha value is -3.23. The summed E-state index contributed by atoms with van der Waals surface area (Å²) < 4.78 is 44.4. The van der Waals surface area contributed by atoms with Gasteiger partial charge < -0.3 is 10.1 Å². The fraction of sp³-hybridized carbons (Fsp3) is 0.333. The number of ether oxygens (including phenoxy) is 1. The zero-order valence-electron chi connectivity index (χ0n) is 16.4. The van der Waals surface area contributed by atoms with Crippen molar-refractivity contribution in [2.75, 3.05) is 6.61 Å². The predicted octanol–water partition coefficient (Wildman–Crippen LogP) is 3.47. The minimum Gasteiger partial charge on any atom is -0.484 e. The molecule has 1 aromatic heterocycles. The maximum absolute atomic E-state index is 12.6. The van der Waals surface area contributed by atoms with Crippen LogP contribution in [0.5, 0.6) is 5.75 Å². The first kappa shape index (κ1) is 21.5. The summed E-state index contributed by atoms with van der Waals surface area (Å²) in [5, 5.41) is 2.75. The molecule has 3 rings (SSSR count). The van der Waals surface area contributed by atoms with Crippen molar-refractivity contribution < 1.29 is 22.7 Å². The second kappa shape index (κ2) is 9.06. The van der Waals surface area contributed by atoms with Crippen molar-refractivity contribution in [1.29, 1.82) is 0 Å². The minimum absolute atomic E-state index is 0.106. The molecule has 1 amide bonds. The molecule has 9 heteroatoms. The van der Waals surface area contributed by atoms with E-state index >= 15 is 0 Å². The van der Waals surface area contributed by atoms with Gasteiger partial charge in [0.1, 0.15) is 5.75 Å². The Bertz CT molecular complexity index is 1070. The quantitative estimate of drug-likeness (QED) is 0.606. The first-order valence-corrected chi connectivity index (χ1v) is 9.51. The zero-order valence-corrected chi connectivity index (χ0v) is 16.4. The molecule has 0 aliphatic rings. The highest BCUT2D eigenvalue weighted by Gasteiger charge is 2.28. The van der Waals surface area contributed by atoms with Crippen molar-refractivity contribution in [3.05, 3.63) is 64.6 Å². The van der Waals surface area contributed by atoms with Gasteiger partial charge in [0.05, 0.1) is 11.0 Å². The van der Waals surface area contributed by atoms with E-state index in [1.54, 1.807) is 21.3 Å². The molecule has 0 bridgehead atoms. The van der Waals surface area contributed by atoms with Crippen LogP contribution in [0.25, 0.3) is 11.0 Å². The van der Waals surface area contributed by atoms with E-state index in [9.17, 15) is 22.8 Å². The molecule has 0 fully saturated rings. The molecule has 0 saturated carbocycles. The third-order valence-corrected chi connectivity index (χ3v) is 4.62. The highest BCUT2D eigenvalue weighted by atomic mass is 19.4. The number of alkyl halides is 3. The van der Waals surface area contributed by atoms with Crippen molar-refractivity contribution in [2.24, 2.45) is 0 Å². The Morgan fingerprint density at radius 3 is 2.27 bits per heavy atom. The average Bonchev–Trinajstić information content (AvgIpc) is 3.00. The van der Waals surface area contributed by atoms with Gasteiger partial charge in [-0.2, -0.15) is 13.2 Å². The van der Waals surface area contributed by atoms with Crippen LogP contribution in [0.4, 0.5) is 13.2 Å². The van der Waals surface area contributed by atoms with Crippen LogP contribution in [-0.2, 0) is 24.4 Å². The molecule has 6 nitrogen and oxygen atoms in total. The second-order valence-corrected chi connectivity index (χ2v) is 6.74. The molecule has 160 valence electrons. The van der Waals surface area contributed by atoms with Gasteiger partial charge in [-0.15, -0.1) is 0 Å². The third-order valence-electron chi connectivity index (χ3n) is 4.62. The smallest absolute Gasteiger partial charge is 0.422 e. The molecular formula is C21H22F3N3O3. The molecule has 0 spiro atoms. The Morgan fingerprint density at radius 1 is 1.03 bits per heavy atom. The maximum Gasteiger partial charge on any atom is 0.422 e. The molecule has 0 aliphatic heterocycles. The van der Waals surface area contributed by atoms with Gasteiger partial charge >= 0.3 is 11.9 Å². The number of aromatic nitrogens is 2. The summed E-state index contributed by atoms with van der Waals surface area (Å²) in [6.07, 6.45) is -4.26. The van der Waals surface area contributed by atoms with E-state index in [-0.39, 0.29) is 36.9 Å². The number of nitrogens with zero attached hydrogens (tertiary/aromatic N) is 2. The normalized spacial score (nSPS) is 11.6. The molecule has 0 saturated heterocycles. The second-order valence-electron chi connectivity index (χ2n) is 6.74. The molecule has 0 atom stereocenters. The molecule has 3 aromatic rings. The number of halogens is 3. The van der Waals surface area contributed by atoms with E-state index in [2.05, 4.69) is 10.1 Å². The first-order chi connectivity index (χ1) is 14.3. The van der Waals surface area contributed by atoms with Gasteiger partial charge in [-0.05, 0) is 36.8 Å². The molecule has 1 N–H and O–H groups in total. The number of aryl methyl sites for hydroxylation is 2. The van der Waals surface area contributed by atoms with Gasteiger partial charge in [0, 0.05) is 26.1 Å². The average molecular weight is 421 g/mol. The van der Waals surface area contributed by atoms with E-state index in [1.807, 2.05) is 31.2 Å². The van der Waals surface area contributed by atoms with Crippen LogP contribution >= 0.6 is 0 Å². The minimum atomic E-state index is -4.39. The summed E-state index contributed by atoms with van der Waals surface area (Å²) in [6.45, 7) is 1.56. The van der Waals surface area contributed by atoms with Crippen molar-refractivity contribution in [1.82, 2.24) is 14.5 Å². The van der Waals surface area contributed by atoms with Crippen molar-refractivity contribution >= 4 is 16.9 Å². The molecule has 30 heavy (non-hydrogen) atoms. The number of amides is 1. The van der Waals surface area contributed by atoms with Crippen LogP contribution in [0.15, 0.2) is 53.3 Å². The first-order valence-electron chi connectivity index (χ1n) is 9.51. The number of carbonyl (C=O) groups excluding carboxylic acids is 1. The SMILES string of the molecule is CCn1c(=O)n(CCC(=O)NCc2ccc(OCC(F)(F)F)cc2)c2ccccc21. The molecule has 0 unspecified atom stereocenters. The van der Waals surface area contributed by atoms with Crippen LogP contribution in [-0.4, -0.2) is 27.8 Å². The lowest BCUT2D eigenvalue weighted by atomic mass is 10.2. The van der Waals surface area contributed by atoms with Crippen LogP contribution in [0.2, 0.25) is 0 Å². The van der Waals surface area contributed by atoms with E-state index in [1.165, 1.54) is 12.1 Å². The summed E-state index contributed by atoms with van der Waals surface area (Å²) in [5.74, 6) is -0.123. The Morgan fingerprint density at radius 2 is 1.67 bits per heavy atom. The molecular weight excluding hydrogens is 399 g/mol. The van der Waals surface area contributed by atoms with Gasteiger partial charge in [0.15, 0.2) is 6.61 Å². The lowest BCUT2D eigenvalue weighted by molar-refractivity contribution is -0.153. The number of rotatable bonds is 8. The topological polar surface area (TPSA) is 65.3 Å². The molecule has 2 aromatic carbocycles. The summed E-state index contributed by atoms with van der Waals surface area (Å²) in [6, 6.07) is 13.5. The number of imidazole rings is 1. The highest BCUT2D eigenvalue weighted by Crippen LogP contribution is 2.19. The number of hydrogen-bond donors (Lipinski definition) is 1. The van der Waals surface area contributed by atoms with Gasteiger partial charge in [-0.1, -0.05) is 24.3 Å². The molecule has 0 aliphatic carbocycles. The lowest BCUT2D eigenvalue weighted by Gasteiger charge is -2.10. The summed E-state index contributed by atoms with van der Waals surface area (Å²) in [7, 11) is 0. The number of nitrogens with one attached hydrogen (secondary N) is 1. The summed E-state index contributed by atoms with van der Waals surface area (Å²) in [4.78, 5) is 24.8. The molecule has 1 heterocycles. The monoisotopic (exact) mass is 421 g/mol. The summed E-state index contributed by atoms with van der Waals surface area (Å²) in [5.41, 5.74) is 2.19. The number of hydrogen-bond acceptors (Lipinski definition) is 3. The summed E-state index contributed by atoms with van der Waals surface area (Å²) >= 11 is 0. The van der Waals surface area contributed by atoms with E-state index in [0.29, 0.717) is 6.54 Å². The Balaban J connectivity index is 1.54. The largest absolute Gasteiger partial charge is 0.484 e. The van der Waals surface area contributed by atoms with Crippen LogP contribution in [0.1, 0.15) is 18.9 Å². The number of carbonyl (C=O) groups is 1. The van der Waals surface area contributed by atoms with Gasteiger partial charge in [0.25, 0.3) is 0 Å². The van der Waals surface area contributed by atoms with Crippen molar-refractivity contribution in [3.8, 4) is 5.75 Å². The highest BCUT2D eigenvalue weighted by molar-refractivity contribution is 5.78. The number of fused-ring (bicyclic) bond motifs is 1. The number of para-hydroxylation sites is 2. The Kier molecular flexibility index (Phi) is 6.49. The Labute approximate surface area is 170 Å². The van der Waals surface area contributed by atoms with Gasteiger partial charge in [-0.3, -0.25) is 13.9 Å². The van der Waals surface area contributed by atoms with Crippen molar-refractivity contribution in [2.45, 2.75) is 39.2 Å². The molecule has 0 radical (unpaired) electrons. The van der Waals surface area contributed by atoms with Gasteiger partial charge in [-0.25, -0.2) is 4.79 Å². The third kappa shape index (κ3) is 5.22. The van der Waals surface area contributed by atoms with Gasteiger partial charge in [0.2, 0.25) is 5.91 Å². The van der Waals surface area contributed by atoms with Crippen LogP contribution in [0, 0.1) is 0 Å². The number of benzene rings is 2. The lowest BCUT2D eigenvalue weighted by Crippen LogP contribution is -2.28. The van der Waals surface area contributed by atoms with Crippen LogP contribution < -0.4 is 15.7 Å². The fourth-order valence-corrected chi connectivity index (χ4v) is 3.17.